The smallest absolute Gasteiger partial charge is 0.184 e. The van der Waals surface area contributed by atoms with Crippen molar-refractivity contribution in [3.8, 4) is 0 Å². The molecule has 5 heteroatoms. The van der Waals surface area contributed by atoms with Crippen LogP contribution in [0.15, 0.2) is 41.5 Å². The first-order chi connectivity index (χ1) is 9.66. The number of nitrogens with zero attached hydrogens (tertiary/aromatic N) is 1. The summed E-state index contributed by atoms with van der Waals surface area (Å²) in [5, 5.41) is 6.62. The van der Waals surface area contributed by atoms with E-state index in [4.69, 9.17) is 18.0 Å². The lowest BCUT2D eigenvalue weighted by Crippen LogP contribution is -2.24. The quantitative estimate of drug-likeness (QED) is 0.385. The molecule has 1 heterocycles. The second kappa shape index (κ2) is 4.94. The van der Waals surface area contributed by atoms with Gasteiger partial charge < -0.3 is 10.7 Å². The zero-order valence-corrected chi connectivity index (χ0v) is 11.8. The van der Waals surface area contributed by atoms with E-state index in [1.54, 1.807) is 6.21 Å². The number of hydrogen-bond donors (Lipinski definition) is 3. The van der Waals surface area contributed by atoms with Gasteiger partial charge in [-0.05, 0) is 36.3 Å². The first-order valence-electron chi connectivity index (χ1n) is 6.25. The molecule has 4 nitrogen and oxygen atoms in total. The van der Waals surface area contributed by atoms with Crippen LogP contribution in [0.4, 0.5) is 0 Å². The van der Waals surface area contributed by atoms with E-state index < -0.39 is 0 Å². The van der Waals surface area contributed by atoms with Crippen molar-refractivity contribution in [2.24, 2.45) is 10.8 Å². The average molecular weight is 282 g/mol. The van der Waals surface area contributed by atoms with Crippen LogP contribution in [0.5, 0.6) is 0 Å². The lowest BCUT2D eigenvalue weighted by molar-refractivity contribution is 1.04. The summed E-state index contributed by atoms with van der Waals surface area (Å²) < 4.78 is 0. The second-order valence-electron chi connectivity index (χ2n) is 4.61. The summed E-state index contributed by atoms with van der Waals surface area (Å²) >= 11 is 4.71. The number of aromatic amines is 1. The SMILES string of the molecule is Cc1c(/C=N\NC(N)=S)ccc2c1[nH]c1ccccc12. The molecule has 20 heavy (non-hydrogen) atoms. The Hall–Kier alpha value is -2.40. The van der Waals surface area contributed by atoms with Gasteiger partial charge in [0.05, 0.1) is 11.7 Å². The molecule has 0 bridgehead atoms. The highest BCUT2D eigenvalue weighted by Gasteiger charge is 2.07. The largest absolute Gasteiger partial charge is 0.375 e. The molecular weight excluding hydrogens is 268 g/mol. The molecule has 0 saturated carbocycles. The fourth-order valence-corrected chi connectivity index (χ4v) is 2.43. The molecule has 0 aliphatic rings. The van der Waals surface area contributed by atoms with E-state index in [0.717, 1.165) is 22.2 Å². The number of nitrogens with one attached hydrogen (secondary N) is 2. The fourth-order valence-electron chi connectivity index (χ4n) is 2.38. The second-order valence-corrected chi connectivity index (χ2v) is 5.05. The summed E-state index contributed by atoms with van der Waals surface area (Å²) in [6, 6.07) is 12.4. The minimum absolute atomic E-state index is 0.158. The summed E-state index contributed by atoms with van der Waals surface area (Å²) in [6.07, 6.45) is 1.72. The van der Waals surface area contributed by atoms with Gasteiger partial charge in [0, 0.05) is 16.3 Å². The standard InChI is InChI=1S/C15H14N4S/c1-9-10(8-17-19-15(16)20)6-7-12-11-4-2-3-5-13(11)18-14(9)12/h2-8,18H,1H3,(H3,16,19,20)/b17-8-. The van der Waals surface area contributed by atoms with Gasteiger partial charge in [0.25, 0.3) is 0 Å². The van der Waals surface area contributed by atoms with Crippen LogP contribution in [-0.2, 0) is 0 Å². The Morgan fingerprint density at radius 3 is 2.85 bits per heavy atom. The van der Waals surface area contributed by atoms with Gasteiger partial charge >= 0.3 is 0 Å². The minimum atomic E-state index is 0.158. The number of H-pyrrole nitrogens is 1. The zero-order chi connectivity index (χ0) is 14.1. The number of thiocarbonyl (C=S) groups is 1. The molecule has 0 fully saturated rings. The number of aryl methyl sites for hydroxylation is 1. The van der Waals surface area contributed by atoms with Crippen LogP contribution in [0.25, 0.3) is 21.8 Å². The molecule has 0 saturated heterocycles. The predicted molar refractivity (Wildman–Crippen MR) is 88.1 cm³/mol. The van der Waals surface area contributed by atoms with Gasteiger partial charge in [0.15, 0.2) is 5.11 Å². The van der Waals surface area contributed by atoms with E-state index in [0.29, 0.717) is 0 Å². The van der Waals surface area contributed by atoms with Gasteiger partial charge in [-0.25, -0.2) is 0 Å². The number of para-hydroxylation sites is 1. The average Bonchev–Trinajstić information content (AvgIpc) is 2.81. The fraction of sp³-hybridized carbons (Fsp3) is 0.0667. The van der Waals surface area contributed by atoms with Crippen molar-refractivity contribution in [2.45, 2.75) is 6.92 Å². The van der Waals surface area contributed by atoms with E-state index in [1.165, 1.54) is 10.8 Å². The minimum Gasteiger partial charge on any atom is -0.375 e. The lowest BCUT2D eigenvalue weighted by Gasteiger charge is -2.02. The molecule has 0 aliphatic carbocycles. The molecular formula is C15H14N4S. The van der Waals surface area contributed by atoms with Crippen LogP contribution in [0.1, 0.15) is 11.1 Å². The van der Waals surface area contributed by atoms with E-state index in [9.17, 15) is 0 Å². The zero-order valence-electron chi connectivity index (χ0n) is 11.0. The third kappa shape index (κ3) is 2.12. The summed E-state index contributed by atoms with van der Waals surface area (Å²) in [5.74, 6) is 0. The molecule has 0 atom stereocenters. The van der Waals surface area contributed by atoms with Crippen molar-refractivity contribution in [1.29, 1.82) is 0 Å². The number of hydrogen-bond acceptors (Lipinski definition) is 2. The molecule has 0 aliphatic heterocycles. The number of aromatic nitrogens is 1. The Labute approximate surface area is 121 Å². The van der Waals surface area contributed by atoms with Gasteiger partial charge in [-0.2, -0.15) is 5.10 Å². The first kappa shape index (κ1) is 12.6. The molecule has 3 aromatic rings. The van der Waals surface area contributed by atoms with E-state index in [-0.39, 0.29) is 5.11 Å². The van der Waals surface area contributed by atoms with Crippen LogP contribution >= 0.6 is 12.2 Å². The third-order valence-corrected chi connectivity index (χ3v) is 3.45. The van der Waals surface area contributed by atoms with Crippen molar-refractivity contribution < 1.29 is 0 Å². The molecule has 0 amide bonds. The highest BCUT2D eigenvalue weighted by atomic mass is 32.1. The maximum atomic E-state index is 5.34. The maximum Gasteiger partial charge on any atom is 0.184 e. The normalized spacial score (nSPS) is 11.4. The Kier molecular flexibility index (Phi) is 3.12. The molecule has 2 aromatic carbocycles. The number of rotatable bonds is 2. The van der Waals surface area contributed by atoms with Gasteiger partial charge in [-0.15, -0.1) is 0 Å². The number of benzene rings is 2. The van der Waals surface area contributed by atoms with E-state index >= 15 is 0 Å². The number of nitrogens with two attached hydrogens (primary N) is 1. The van der Waals surface area contributed by atoms with Crippen molar-refractivity contribution in [3.63, 3.8) is 0 Å². The Morgan fingerprint density at radius 2 is 2.05 bits per heavy atom. The van der Waals surface area contributed by atoms with Crippen molar-refractivity contribution in [2.75, 3.05) is 0 Å². The Balaban J connectivity index is 2.13. The van der Waals surface area contributed by atoms with Crippen molar-refractivity contribution in [1.82, 2.24) is 10.4 Å². The Morgan fingerprint density at radius 1 is 1.25 bits per heavy atom. The summed E-state index contributed by atoms with van der Waals surface area (Å²) in [5.41, 5.74) is 12.3. The number of hydrazone groups is 1. The number of fused-ring (bicyclic) bond motifs is 3. The van der Waals surface area contributed by atoms with Gasteiger partial charge in [-0.1, -0.05) is 30.3 Å². The van der Waals surface area contributed by atoms with Gasteiger partial charge in [0.1, 0.15) is 0 Å². The van der Waals surface area contributed by atoms with Crippen molar-refractivity contribution >= 4 is 45.4 Å². The van der Waals surface area contributed by atoms with Crippen LogP contribution < -0.4 is 11.2 Å². The van der Waals surface area contributed by atoms with Crippen LogP contribution in [0, 0.1) is 6.92 Å². The molecule has 4 N–H and O–H groups in total. The molecule has 1 aromatic heterocycles. The lowest BCUT2D eigenvalue weighted by atomic mass is 10.0. The van der Waals surface area contributed by atoms with E-state index in [2.05, 4.69) is 40.6 Å². The highest BCUT2D eigenvalue weighted by molar-refractivity contribution is 7.80. The van der Waals surface area contributed by atoms with E-state index in [1.807, 2.05) is 18.2 Å². The Bertz CT molecular complexity index is 832. The predicted octanol–water partition coefficient (Wildman–Crippen LogP) is 2.80. The van der Waals surface area contributed by atoms with Gasteiger partial charge in [-0.3, -0.25) is 5.43 Å². The molecule has 3 rings (SSSR count). The molecule has 0 radical (unpaired) electrons. The van der Waals surface area contributed by atoms with Crippen LogP contribution in [-0.4, -0.2) is 16.3 Å². The van der Waals surface area contributed by atoms with Crippen molar-refractivity contribution in [3.05, 3.63) is 47.5 Å². The third-order valence-electron chi connectivity index (χ3n) is 3.36. The maximum absolute atomic E-state index is 5.34. The first-order valence-corrected chi connectivity index (χ1v) is 6.66. The molecule has 0 spiro atoms. The monoisotopic (exact) mass is 282 g/mol. The van der Waals surface area contributed by atoms with Crippen LogP contribution in [0.3, 0.4) is 0 Å². The topological polar surface area (TPSA) is 66.2 Å². The molecule has 100 valence electrons. The highest BCUT2D eigenvalue weighted by Crippen LogP contribution is 2.28. The van der Waals surface area contributed by atoms with Gasteiger partial charge in [0.2, 0.25) is 0 Å². The molecule has 0 unspecified atom stereocenters. The summed E-state index contributed by atoms with van der Waals surface area (Å²) in [6.45, 7) is 2.07. The van der Waals surface area contributed by atoms with Crippen LogP contribution in [0.2, 0.25) is 0 Å². The summed E-state index contributed by atoms with van der Waals surface area (Å²) in [7, 11) is 0. The summed E-state index contributed by atoms with van der Waals surface area (Å²) in [4.78, 5) is 3.45.